The molecule has 3 rings (SSSR count). The molecule has 17 heavy (non-hydrogen) atoms. The summed E-state index contributed by atoms with van der Waals surface area (Å²) >= 11 is 3.45. The van der Waals surface area contributed by atoms with Gasteiger partial charge in [-0.25, -0.2) is 0 Å². The van der Waals surface area contributed by atoms with Crippen molar-refractivity contribution in [2.45, 2.75) is 24.7 Å². The first-order valence-electron chi connectivity index (χ1n) is 5.64. The van der Waals surface area contributed by atoms with E-state index in [1.165, 1.54) is 0 Å². The maximum Gasteiger partial charge on any atom is 0.314 e. The van der Waals surface area contributed by atoms with Crippen molar-refractivity contribution in [1.29, 1.82) is 0 Å². The second-order valence-corrected chi connectivity index (χ2v) is 5.49. The molecule has 1 saturated carbocycles. The number of carboxylic acid groups (broad SMARTS) is 1. The van der Waals surface area contributed by atoms with Crippen LogP contribution in [0.2, 0.25) is 0 Å². The first kappa shape index (κ1) is 10.8. The highest BCUT2D eigenvalue weighted by atomic mass is 79.9. The zero-order valence-corrected chi connectivity index (χ0v) is 10.8. The van der Waals surface area contributed by atoms with Gasteiger partial charge in [-0.2, -0.15) is 0 Å². The van der Waals surface area contributed by atoms with Crippen LogP contribution in [0.1, 0.15) is 24.8 Å². The SMILES string of the molecule is O=C(O)C1(c2ccc3c(Br)c[nH]c3c2)CCC1. The molecule has 1 aliphatic carbocycles. The third-order valence-corrected chi connectivity index (χ3v) is 4.46. The van der Waals surface area contributed by atoms with Crippen LogP contribution in [0, 0.1) is 0 Å². The largest absolute Gasteiger partial charge is 0.481 e. The third-order valence-electron chi connectivity index (χ3n) is 3.80. The summed E-state index contributed by atoms with van der Waals surface area (Å²) < 4.78 is 1.01. The number of aromatic amines is 1. The molecule has 88 valence electrons. The van der Waals surface area contributed by atoms with Crippen LogP contribution in [-0.2, 0) is 10.2 Å². The average Bonchev–Trinajstić information content (AvgIpc) is 2.58. The Labute approximate surface area is 107 Å². The number of carboxylic acids is 1. The van der Waals surface area contributed by atoms with E-state index in [-0.39, 0.29) is 0 Å². The number of rotatable bonds is 2. The summed E-state index contributed by atoms with van der Waals surface area (Å²) in [4.78, 5) is 14.6. The highest BCUT2D eigenvalue weighted by Gasteiger charge is 2.45. The van der Waals surface area contributed by atoms with E-state index in [9.17, 15) is 9.90 Å². The van der Waals surface area contributed by atoms with E-state index in [0.29, 0.717) is 0 Å². The Morgan fingerprint density at radius 3 is 2.76 bits per heavy atom. The van der Waals surface area contributed by atoms with Crippen LogP contribution in [0.15, 0.2) is 28.9 Å². The molecule has 0 saturated heterocycles. The van der Waals surface area contributed by atoms with Crippen LogP contribution in [-0.4, -0.2) is 16.1 Å². The van der Waals surface area contributed by atoms with Gasteiger partial charge in [-0.1, -0.05) is 18.6 Å². The van der Waals surface area contributed by atoms with E-state index in [1.54, 1.807) is 0 Å². The van der Waals surface area contributed by atoms with E-state index < -0.39 is 11.4 Å². The molecule has 0 amide bonds. The van der Waals surface area contributed by atoms with Gasteiger partial charge < -0.3 is 10.1 Å². The zero-order chi connectivity index (χ0) is 12.0. The normalized spacial score (nSPS) is 17.9. The van der Waals surface area contributed by atoms with Crippen LogP contribution < -0.4 is 0 Å². The lowest BCUT2D eigenvalue weighted by Gasteiger charge is -2.38. The number of benzene rings is 1. The summed E-state index contributed by atoms with van der Waals surface area (Å²) in [5, 5.41) is 10.5. The number of hydrogen-bond acceptors (Lipinski definition) is 1. The molecule has 4 heteroatoms. The molecular weight excluding hydrogens is 282 g/mol. The van der Waals surface area contributed by atoms with E-state index in [1.807, 2.05) is 24.4 Å². The van der Waals surface area contributed by atoms with Crippen LogP contribution in [0.4, 0.5) is 0 Å². The minimum absolute atomic E-state index is 0.647. The highest BCUT2D eigenvalue weighted by molar-refractivity contribution is 9.10. The van der Waals surface area contributed by atoms with Gasteiger partial charge in [0, 0.05) is 21.6 Å². The second kappa shape index (κ2) is 3.60. The van der Waals surface area contributed by atoms with Gasteiger partial charge in [-0.15, -0.1) is 0 Å². The van der Waals surface area contributed by atoms with Gasteiger partial charge >= 0.3 is 5.97 Å². The lowest BCUT2D eigenvalue weighted by atomic mass is 9.64. The van der Waals surface area contributed by atoms with E-state index in [4.69, 9.17) is 0 Å². The minimum Gasteiger partial charge on any atom is -0.481 e. The average molecular weight is 294 g/mol. The summed E-state index contributed by atoms with van der Waals surface area (Å²) in [7, 11) is 0. The predicted octanol–water partition coefficient (Wildman–Crippen LogP) is 3.44. The van der Waals surface area contributed by atoms with Crippen molar-refractivity contribution in [3.63, 3.8) is 0 Å². The number of H-pyrrole nitrogens is 1. The van der Waals surface area contributed by atoms with E-state index >= 15 is 0 Å². The standard InChI is InChI=1S/C13H12BrNO2/c14-10-7-15-11-6-8(2-3-9(10)11)13(12(16)17)4-1-5-13/h2-3,6-7,15H,1,4-5H2,(H,16,17). The Kier molecular flexibility index (Phi) is 2.30. The van der Waals surface area contributed by atoms with Crippen molar-refractivity contribution in [3.05, 3.63) is 34.4 Å². The van der Waals surface area contributed by atoms with Crippen molar-refractivity contribution < 1.29 is 9.90 Å². The maximum absolute atomic E-state index is 11.4. The number of nitrogens with one attached hydrogen (secondary N) is 1. The molecule has 1 aliphatic rings. The van der Waals surface area contributed by atoms with Crippen LogP contribution in [0.3, 0.4) is 0 Å². The predicted molar refractivity (Wildman–Crippen MR) is 69.2 cm³/mol. The van der Waals surface area contributed by atoms with Gasteiger partial charge in [-0.3, -0.25) is 4.79 Å². The minimum atomic E-state index is -0.700. The highest BCUT2D eigenvalue weighted by Crippen LogP contribution is 2.44. The molecule has 0 spiro atoms. The summed E-state index contributed by atoms with van der Waals surface area (Å²) in [6.45, 7) is 0. The molecule has 0 radical (unpaired) electrons. The summed E-state index contributed by atoms with van der Waals surface area (Å²) in [6.07, 6.45) is 4.37. The Morgan fingerprint density at radius 1 is 1.41 bits per heavy atom. The monoisotopic (exact) mass is 293 g/mol. The third kappa shape index (κ3) is 1.43. The number of aromatic nitrogens is 1. The number of carbonyl (C=O) groups is 1. The molecule has 0 atom stereocenters. The maximum atomic E-state index is 11.4. The quantitative estimate of drug-likeness (QED) is 0.891. The van der Waals surface area contributed by atoms with Crippen LogP contribution >= 0.6 is 15.9 Å². The van der Waals surface area contributed by atoms with Gasteiger partial charge in [0.25, 0.3) is 0 Å². The fourth-order valence-corrected chi connectivity index (χ4v) is 3.01. The lowest BCUT2D eigenvalue weighted by molar-refractivity contribution is -0.147. The molecular formula is C13H12BrNO2. The fraction of sp³-hybridized carbons (Fsp3) is 0.308. The molecule has 3 nitrogen and oxygen atoms in total. The van der Waals surface area contributed by atoms with Crippen molar-refractivity contribution in [2.75, 3.05) is 0 Å². The molecule has 1 aromatic carbocycles. The van der Waals surface area contributed by atoms with Crippen LogP contribution in [0.25, 0.3) is 10.9 Å². The van der Waals surface area contributed by atoms with Gasteiger partial charge in [0.1, 0.15) is 0 Å². The van der Waals surface area contributed by atoms with Crippen LogP contribution in [0.5, 0.6) is 0 Å². The number of hydrogen-bond donors (Lipinski definition) is 2. The topological polar surface area (TPSA) is 53.1 Å². The molecule has 1 aromatic heterocycles. The van der Waals surface area contributed by atoms with Gasteiger partial charge in [0.15, 0.2) is 0 Å². The number of halogens is 1. The van der Waals surface area contributed by atoms with Crippen molar-refractivity contribution in [3.8, 4) is 0 Å². The zero-order valence-electron chi connectivity index (χ0n) is 9.16. The first-order chi connectivity index (χ1) is 8.13. The summed E-state index contributed by atoms with van der Waals surface area (Å²) in [5.41, 5.74) is 1.26. The molecule has 0 unspecified atom stereocenters. The van der Waals surface area contributed by atoms with Gasteiger partial charge in [0.2, 0.25) is 0 Å². The second-order valence-electron chi connectivity index (χ2n) is 4.64. The smallest absolute Gasteiger partial charge is 0.314 e. The van der Waals surface area contributed by atoms with Crippen molar-refractivity contribution in [1.82, 2.24) is 4.98 Å². The molecule has 0 aliphatic heterocycles. The Bertz CT molecular complexity index is 598. The number of aliphatic carboxylic acids is 1. The number of fused-ring (bicyclic) bond motifs is 1. The first-order valence-corrected chi connectivity index (χ1v) is 6.43. The van der Waals surface area contributed by atoms with Gasteiger partial charge in [-0.05, 0) is 40.4 Å². The van der Waals surface area contributed by atoms with E-state index in [2.05, 4.69) is 20.9 Å². The Balaban J connectivity index is 2.14. The Hall–Kier alpha value is -1.29. The van der Waals surface area contributed by atoms with Crippen molar-refractivity contribution >= 4 is 32.8 Å². The fourth-order valence-electron chi connectivity index (χ4n) is 2.54. The van der Waals surface area contributed by atoms with Crippen molar-refractivity contribution in [2.24, 2.45) is 0 Å². The molecule has 2 N–H and O–H groups in total. The lowest BCUT2D eigenvalue weighted by Crippen LogP contribution is -2.42. The molecule has 2 aromatic rings. The summed E-state index contributed by atoms with van der Waals surface area (Å²) in [5.74, 6) is -0.700. The molecule has 0 bridgehead atoms. The van der Waals surface area contributed by atoms with E-state index in [0.717, 1.165) is 40.2 Å². The Morgan fingerprint density at radius 2 is 2.18 bits per heavy atom. The molecule has 1 fully saturated rings. The van der Waals surface area contributed by atoms with Gasteiger partial charge in [0.05, 0.1) is 5.41 Å². The summed E-state index contributed by atoms with van der Waals surface area (Å²) in [6, 6.07) is 5.88. The molecule has 1 heterocycles.